The van der Waals surface area contributed by atoms with Gasteiger partial charge >= 0.3 is 0 Å². The van der Waals surface area contributed by atoms with Crippen LogP contribution in [0.25, 0.3) is 0 Å². The summed E-state index contributed by atoms with van der Waals surface area (Å²) in [6.07, 6.45) is 0. The number of nitrogens with two attached hydrogens (primary N) is 1. The van der Waals surface area contributed by atoms with Crippen LogP contribution in [0.3, 0.4) is 0 Å². The van der Waals surface area contributed by atoms with Gasteiger partial charge in [0.1, 0.15) is 5.75 Å². The number of hydrogen-bond donors (Lipinski definition) is 2. The predicted molar refractivity (Wildman–Crippen MR) is 65.4 cm³/mol. The number of para-hydroxylation sites is 2. The van der Waals surface area contributed by atoms with Crippen LogP contribution in [0.1, 0.15) is 6.92 Å². The first-order valence-corrected chi connectivity index (χ1v) is 5.98. The van der Waals surface area contributed by atoms with E-state index in [0.29, 0.717) is 12.3 Å². The third kappa shape index (κ3) is 4.44. The predicted octanol–water partition coefficient (Wildman–Crippen LogP) is 1.76. The molecule has 1 aromatic rings. The zero-order valence-electron chi connectivity index (χ0n) is 8.85. The molecule has 0 fully saturated rings. The van der Waals surface area contributed by atoms with Crippen LogP contribution in [0.4, 0.5) is 5.69 Å². The zero-order chi connectivity index (χ0) is 11.1. The van der Waals surface area contributed by atoms with E-state index in [0.717, 1.165) is 11.5 Å². The molecule has 0 spiro atoms. The van der Waals surface area contributed by atoms with E-state index in [1.165, 1.54) is 0 Å². The van der Waals surface area contributed by atoms with E-state index in [2.05, 4.69) is 0 Å². The van der Waals surface area contributed by atoms with Crippen LogP contribution in [0, 0.1) is 0 Å². The summed E-state index contributed by atoms with van der Waals surface area (Å²) in [5.74, 6) is 1.59. The van der Waals surface area contributed by atoms with Crippen LogP contribution in [0.5, 0.6) is 5.75 Å². The Balaban J connectivity index is 2.23. The number of benzene rings is 1. The molecule has 3 nitrogen and oxygen atoms in total. The van der Waals surface area contributed by atoms with Crippen LogP contribution < -0.4 is 10.5 Å². The van der Waals surface area contributed by atoms with E-state index >= 15 is 0 Å². The fourth-order valence-corrected chi connectivity index (χ4v) is 1.75. The normalized spacial score (nSPS) is 12.4. The summed E-state index contributed by atoms with van der Waals surface area (Å²) in [6.45, 7) is 2.81. The van der Waals surface area contributed by atoms with E-state index in [9.17, 15) is 0 Å². The highest BCUT2D eigenvalue weighted by molar-refractivity contribution is 7.99. The minimum absolute atomic E-state index is 0.206. The van der Waals surface area contributed by atoms with Crippen LogP contribution in [0.2, 0.25) is 0 Å². The number of nitrogen functional groups attached to an aromatic ring is 1. The second kappa shape index (κ2) is 6.58. The second-order valence-corrected chi connectivity index (χ2v) is 4.80. The Morgan fingerprint density at radius 2 is 2.20 bits per heavy atom. The standard InChI is InChI=1S/C11H17NO2S/c1-9(8-13)15-7-6-14-11-5-3-2-4-10(11)12/h2-5,9,13H,6-8,12H2,1H3. The average molecular weight is 227 g/mol. The van der Waals surface area contributed by atoms with Gasteiger partial charge in [0.25, 0.3) is 0 Å². The van der Waals surface area contributed by atoms with Crippen LogP contribution in [0.15, 0.2) is 24.3 Å². The molecule has 3 N–H and O–H groups in total. The molecule has 0 aliphatic heterocycles. The molecule has 1 aromatic carbocycles. The van der Waals surface area contributed by atoms with Crippen molar-refractivity contribution in [2.24, 2.45) is 0 Å². The van der Waals surface area contributed by atoms with E-state index in [1.54, 1.807) is 11.8 Å². The molecule has 0 bridgehead atoms. The molecule has 0 amide bonds. The molecule has 0 aromatic heterocycles. The van der Waals surface area contributed by atoms with Crippen molar-refractivity contribution in [3.05, 3.63) is 24.3 Å². The smallest absolute Gasteiger partial charge is 0.142 e. The third-order valence-electron chi connectivity index (χ3n) is 1.92. The molecular formula is C11H17NO2S. The van der Waals surface area contributed by atoms with Crippen molar-refractivity contribution >= 4 is 17.4 Å². The molecular weight excluding hydrogens is 210 g/mol. The Bertz CT molecular complexity index is 294. The number of ether oxygens (including phenoxy) is 1. The first-order chi connectivity index (χ1) is 7.24. The first kappa shape index (κ1) is 12.2. The van der Waals surface area contributed by atoms with Gasteiger partial charge in [0.2, 0.25) is 0 Å². The van der Waals surface area contributed by atoms with Crippen molar-refractivity contribution < 1.29 is 9.84 Å². The van der Waals surface area contributed by atoms with Crippen LogP contribution >= 0.6 is 11.8 Å². The summed E-state index contributed by atoms with van der Waals surface area (Å²) >= 11 is 1.69. The Kier molecular flexibility index (Phi) is 5.36. The fraction of sp³-hybridized carbons (Fsp3) is 0.455. The molecule has 0 radical (unpaired) electrons. The van der Waals surface area contributed by atoms with Gasteiger partial charge < -0.3 is 15.6 Å². The molecule has 1 unspecified atom stereocenters. The number of aliphatic hydroxyl groups is 1. The number of rotatable bonds is 6. The van der Waals surface area contributed by atoms with E-state index in [4.69, 9.17) is 15.6 Å². The Morgan fingerprint density at radius 1 is 1.47 bits per heavy atom. The minimum atomic E-state index is 0.206. The van der Waals surface area contributed by atoms with Gasteiger partial charge in [0.05, 0.1) is 18.9 Å². The summed E-state index contributed by atoms with van der Waals surface area (Å²) in [7, 11) is 0. The molecule has 0 saturated carbocycles. The van der Waals surface area contributed by atoms with Gasteiger partial charge in [-0.3, -0.25) is 0 Å². The second-order valence-electron chi connectivity index (χ2n) is 3.25. The third-order valence-corrected chi connectivity index (χ3v) is 3.04. The van der Waals surface area contributed by atoms with Crippen molar-refractivity contribution in [3.8, 4) is 5.75 Å². The molecule has 0 saturated heterocycles. The molecule has 0 aliphatic rings. The van der Waals surface area contributed by atoms with Gasteiger partial charge in [0, 0.05) is 11.0 Å². The van der Waals surface area contributed by atoms with E-state index in [-0.39, 0.29) is 11.9 Å². The molecule has 0 aliphatic carbocycles. The maximum atomic E-state index is 8.81. The lowest BCUT2D eigenvalue weighted by Crippen LogP contribution is -2.08. The fourth-order valence-electron chi connectivity index (χ4n) is 1.07. The maximum Gasteiger partial charge on any atom is 0.142 e. The maximum absolute atomic E-state index is 8.81. The lowest BCUT2D eigenvalue weighted by Gasteiger charge is -2.10. The highest BCUT2D eigenvalue weighted by atomic mass is 32.2. The van der Waals surface area contributed by atoms with E-state index < -0.39 is 0 Å². The highest BCUT2D eigenvalue weighted by Crippen LogP contribution is 2.20. The monoisotopic (exact) mass is 227 g/mol. The van der Waals surface area contributed by atoms with Gasteiger partial charge in [0.15, 0.2) is 0 Å². The quantitative estimate of drug-likeness (QED) is 0.574. The summed E-state index contributed by atoms with van der Waals surface area (Å²) in [5.41, 5.74) is 6.38. The minimum Gasteiger partial charge on any atom is -0.491 e. The number of hydrogen-bond acceptors (Lipinski definition) is 4. The van der Waals surface area contributed by atoms with Crippen molar-refractivity contribution in [2.45, 2.75) is 12.2 Å². The van der Waals surface area contributed by atoms with E-state index in [1.807, 2.05) is 31.2 Å². The van der Waals surface area contributed by atoms with Gasteiger partial charge in [-0.05, 0) is 12.1 Å². The summed E-state index contributed by atoms with van der Waals surface area (Å²) in [4.78, 5) is 0. The molecule has 1 atom stereocenters. The van der Waals surface area contributed by atoms with Crippen molar-refractivity contribution in [1.29, 1.82) is 0 Å². The average Bonchev–Trinajstić information content (AvgIpc) is 2.26. The summed E-state index contributed by atoms with van der Waals surface area (Å²) in [5, 5.41) is 9.08. The SMILES string of the molecule is CC(CO)SCCOc1ccccc1N. The molecule has 0 heterocycles. The number of aliphatic hydroxyl groups excluding tert-OH is 1. The molecule has 15 heavy (non-hydrogen) atoms. The Labute approximate surface area is 94.6 Å². The van der Waals surface area contributed by atoms with Gasteiger partial charge in [-0.1, -0.05) is 19.1 Å². The topological polar surface area (TPSA) is 55.5 Å². The largest absolute Gasteiger partial charge is 0.491 e. The zero-order valence-corrected chi connectivity index (χ0v) is 9.67. The Hall–Kier alpha value is -0.870. The number of anilines is 1. The molecule has 84 valence electrons. The molecule has 4 heteroatoms. The van der Waals surface area contributed by atoms with Gasteiger partial charge in [-0.15, -0.1) is 0 Å². The first-order valence-electron chi connectivity index (χ1n) is 4.94. The van der Waals surface area contributed by atoms with Crippen molar-refractivity contribution in [2.75, 3.05) is 24.7 Å². The van der Waals surface area contributed by atoms with Crippen molar-refractivity contribution in [1.82, 2.24) is 0 Å². The van der Waals surface area contributed by atoms with Gasteiger partial charge in [-0.2, -0.15) is 11.8 Å². The number of thioether (sulfide) groups is 1. The van der Waals surface area contributed by atoms with Crippen LogP contribution in [-0.4, -0.2) is 29.3 Å². The van der Waals surface area contributed by atoms with Crippen LogP contribution in [-0.2, 0) is 0 Å². The summed E-state index contributed by atoms with van der Waals surface area (Å²) in [6, 6.07) is 7.45. The molecule has 1 rings (SSSR count). The van der Waals surface area contributed by atoms with Gasteiger partial charge in [-0.25, -0.2) is 0 Å². The summed E-state index contributed by atoms with van der Waals surface area (Å²) < 4.78 is 5.50. The van der Waals surface area contributed by atoms with Crippen molar-refractivity contribution in [3.63, 3.8) is 0 Å². The highest BCUT2D eigenvalue weighted by Gasteiger charge is 2.01. The lowest BCUT2D eigenvalue weighted by atomic mass is 10.3. The Morgan fingerprint density at radius 3 is 2.87 bits per heavy atom. The lowest BCUT2D eigenvalue weighted by molar-refractivity contribution is 0.299.